The molecule has 0 spiro atoms. The van der Waals surface area contributed by atoms with E-state index in [1.54, 1.807) is 55.5 Å². The van der Waals surface area contributed by atoms with Gasteiger partial charge in [0.15, 0.2) is 0 Å². The van der Waals surface area contributed by atoms with E-state index in [0.717, 1.165) is 19.3 Å². The van der Waals surface area contributed by atoms with Crippen LogP contribution in [0.2, 0.25) is 0 Å². The highest BCUT2D eigenvalue weighted by molar-refractivity contribution is 5.93. The molecule has 2 aromatic carbocycles. The van der Waals surface area contributed by atoms with Crippen LogP contribution in [0, 0.1) is 0 Å². The van der Waals surface area contributed by atoms with Crippen LogP contribution in [0.4, 0.5) is 0 Å². The van der Waals surface area contributed by atoms with Gasteiger partial charge >= 0.3 is 23.9 Å². The molecule has 2 aromatic rings. The highest BCUT2D eigenvalue weighted by Gasteiger charge is 2.14. The molecule has 0 saturated carbocycles. The van der Waals surface area contributed by atoms with Crippen LogP contribution in [0.5, 0.6) is 17.2 Å². The Hall–Kier alpha value is -4.60. The minimum atomic E-state index is -0.580. The third-order valence-corrected chi connectivity index (χ3v) is 5.71. The molecule has 2 rings (SSSR count). The van der Waals surface area contributed by atoms with Crippen LogP contribution in [0.1, 0.15) is 62.7 Å². The molecular formula is C33H40O10. The third-order valence-electron chi connectivity index (χ3n) is 5.71. The number of rotatable bonds is 20. The molecule has 0 unspecified atom stereocenters. The average molecular weight is 597 g/mol. The molecule has 0 N–H and O–H groups in total. The second-order valence-electron chi connectivity index (χ2n) is 9.55. The Labute approximate surface area is 252 Å². The van der Waals surface area contributed by atoms with Crippen molar-refractivity contribution < 1.29 is 47.6 Å². The second kappa shape index (κ2) is 19.5. The van der Waals surface area contributed by atoms with E-state index in [1.807, 2.05) is 6.92 Å². The second-order valence-corrected chi connectivity index (χ2v) is 9.55. The summed E-state index contributed by atoms with van der Waals surface area (Å²) in [7, 11) is 0. The maximum atomic E-state index is 12.5. The van der Waals surface area contributed by atoms with Crippen molar-refractivity contribution in [2.75, 3.05) is 33.0 Å². The molecule has 43 heavy (non-hydrogen) atoms. The quantitative estimate of drug-likeness (QED) is 0.0610. The first-order valence-electron chi connectivity index (χ1n) is 14.2. The molecule has 0 bridgehead atoms. The molecule has 0 aliphatic rings. The molecule has 0 amide bonds. The number of benzene rings is 2. The van der Waals surface area contributed by atoms with E-state index in [9.17, 15) is 19.2 Å². The number of carbonyl (C=O) groups is 4. The van der Waals surface area contributed by atoms with E-state index in [1.165, 1.54) is 0 Å². The summed E-state index contributed by atoms with van der Waals surface area (Å²) in [4.78, 5) is 47.3. The lowest BCUT2D eigenvalue weighted by Crippen LogP contribution is -2.13. The standard InChI is InChI=1S/C33H40O10/c1-5-18-40-30(34)23-25(4)32(36)41-20-9-7-6-8-19-38-27-12-10-26(11-13-27)33(37)43-29-16-14-28(15-17-29)39-21-22-42-31(35)24(2)3/h10-17H,2,4-9,18-23H2,1,3H3. The maximum Gasteiger partial charge on any atom is 0.343 e. The average Bonchev–Trinajstić information content (AvgIpc) is 3.00. The van der Waals surface area contributed by atoms with E-state index >= 15 is 0 Å². The Balaban J connectivity index is 1.58. The topological polar surface area (TPSA) is 124 Å². The van der Waals surface area contributed by atoms with Gasteiger partial charge in [-0.2, -0.15) is 0 Å². The number of unbranched alkanes of at least 4 members (excludes halogenated alkanes) is 3. The lowest BCUT2D eigenvalue weighted by molar-refractivity contribution is -0.146. The molecule has 232 valence electrons. The van der Waals surface area contributed by atoms with Gasteiger partial charge in [0, 0.05) is 11.1 Å². The smallest absolute Gasteiger partial charge is 0.343 e. The van der Waals surface area contributed by atoms with Crippen molar-refractivity contribution in [3.63, 3.8) is 0 Å². The SMILES string of the molecule is C=C(C)C(=O)OCCOc1ccc(OC(=O)c2ccc(OCCCCCCOC(=O)C(=C)CC(=O)OCCC)cc2)cc1. The molecule has 0 fully saturated rings. The Morgan fingerprint density at radius 2 is 1.19 bits per heavy atom. The zero-order chi connectivity index (χ0) is 31.5. The van der Waals surface area contributed by atoms with Gasteiger partial charge in [0.05, 0.1) is 31.8 Å². The van der Waals surface area contributed by atoms with Gasteiger partial charge in [0.25, 0.3) is 0 Å². The maximum absolute atomic E-state index is 12.5. The molecule has 0 aliphatic carbocycles. The predicted molar refractivity (Wildman–Crippen MR) is 159 cm³/mol. The first-order chi connectivity index (χ1) is 20.7. The molecule has 10 nitrogen and oxygen atoms in total. The summed E-state index contributed by atoms with van der Waals surface area (Å²) < 4.78 is 31.7. The van der Waals surface area contributed by atoms with Gasteiger partial charge in [-0.1, -0.05) is 20.1 Å². The van der Waals surface area contributed by atoms with Gasteiger partial charge in [-0.3, -0.25) is 4.79 Å². The van der Waals surface area contributed by atoms with Gasteiger partial charge < -0.3 is 28.4 Å². The van der Waals surface area contributed by atoms with Crippen LogP contribution < -0.4 is 14.2 Å². The van der Waals surface area contributed by atoms with Crippen LogP contribution in [-0.2, 0) is 28.6 Å². The highest BCUT2D eigenvalue weighted by Crippen LogP contribution is 2.20. The lowest BCUT2D eigenvalue weighted by atomic mass is 10.2. The van der Waals surface area contributed by atoms with Crippen molar-refractivity contribution in [2.45, 2.75) is 52.4 Å². The molecule has 0 radical (unpaired) electrons. The summed E-state index contributed by atoms with van der Waals surface area (Å²) in [5, 5.41) is 0. The van der Waals surface area contributed by atoms with E-state index in [-0.39, 0.29) is 31.8 Å². The number of hydrogen-bond donors (Lipinski definition) is 0. The summed E-state index contributed by atoms with van der Waals surface area (Å²) in [6.07, 6.45) is 3.80. The largest absolute Gasteiger partial charge is 0.494 e. The van der Waals surface area contributed by atoms with Crippen molar-refractivity contribution >= 4 is 23.9 Å². The summed E-state index contributed by atoms with van der Waals surface area (Å²) in [5.41, 5.74) is 0.789. The molecule has 0 aliphatic heterocycles. The number of hydrogen-bond acceptors (Lipinski definition) is 10. The van der Waals surface area contributed by atoms with Gasteiger partial charge in [-0.15, -0.1) is 0 Å². The van der Waals surface area contributed by atoms with Crippen LogP contribution in [0.25, 0.3) is 0 Å². The van der Waals surface area contributed by atoms with Crippen molar-refractivity contribution in [3.05, 3.63) is 78.4 Å². The Kier molecular flexibility index (Phi) is 15.7. The van der Waals surface area contributed by atoms with Crippen molar-refractivity contribution in [2.24, 2.45) is 0 Å². The van der Waals surface area contributed by atoms with Crippen LogP contribution in [0.3, 0.4) is 0 Å². The van der Waals surface area contributed by atoms with Crippen LogP contribution >= 0.6 is 0 Å². The number of ether oxygens (including phenoxy) is 6. The van der Waals surface area contributed by atoms with Crippen molar-refractivity contribution in [1.29, 1.82) is 0 Å². The normalized spacial score (nSPS) is 10.3. The summed E-state index contributed by atoms with van der Waals surface area (Å²) in [6.45, 7) is 11.9. The number of carbonyl (C=O) groups excluding carboxylic acids is 4. The van der Waals surface area contributed by atoms with Crippen LogP contribution in [0.15, 0.2) is 72.8 Å². The van der Waals surface area contributed by atoms with Crippen molar-refractivity contribution in [3.8, 4) is 17.2 Å². The highest BCUT2D eigenvalue weighted by atomic mass is 16.6. The monoisotopic (exact) mass is 596 g/mol. The van der Waals surface area contributed by atoms with E-state index in [2.05, 4.69) is 13.2 Å². The molecule has 10 heteroatoms. The van der Waals surface area contributed by atoms with Crippen molar-refractivity contribution in [1.82, 2.24) is 0 Å². The molecule has 0 heterocycles. The molecule has 0 atom stereocenters. The molecule has 0 saturated heterocycles. The van der Waals surface area contributed by atoms with E-state index in [0.29, 0.717) is 54.4 Å². The fourth-order valence-corrected chi connectivity index (χ4v) is 3.40. The molecular weight excluding hydrogens is 556 g/mol. The zero-order valence-corrected chi connectivity index (χ0v) is 24.9. The lowest BCUT2D eigenvalue weighted by Gasteiger charge is -2.09. The van der Waals surface area contributed by atoms with Gasteiger partial charge in [0.2, 0.25) is 0 Å². The Morgan fingerprint density at radius 1 is 0.628 bits per heavy atom. The van der Waals surface area contributed by atoms with Crippen LogP contribution in [-0.4, -0.2) is 56.9 Å². The fourth-order valence-electron chi connectivity index (χ4n) is 3.40. The fraction of sp³-hybridized carbons (Fsp3) is 0.394. The number of esters is 4. The van der Waals surface area contributed by atoms with Gasteiger partial charge in [-0.05, 0) is 87.6 Å². The first kappa shape index (κ1) is 34.6. The minimum absolute atomic E-state index is 0.0894. The van der Waals surface area contributed by atoms with E-state index in [4.69, 9.17) is 28.4 Å². The molecule has 0 aromatic heterocycles. The van der Waals surface area contributed by atoms with E-state index < -0.39 is 23.9 Å². The van der Waals surface area contributed by atoms with Gasteiger partial charge in [0.1, 0.15) is 30.5 Å². The summed E-state index contributed by atoms with van der Waals surface area (Å²) >= 11 is 0. The first-order valence-corrected chi connectivity index (χ1v) is 14.2. The Morgan fingerprint density at radius 3 is 1.81 bits per heavy atom. The summed E-state index contributed by atoms with van der Waals surface area (Å²) in [6, 6.07) is 13.2. The third kappa shape index (κ3) is 14.2. The minimum Gasteiger partial charge on any atom is -0.494 e. The predicted octanol–water partition coefficient (Wildman–Crippen LogP) is 5.79. The zero-order valence-electron chi connectivity index (χ0n) is 24.9. The summed E-state index contributed by atoms with van der Waals surface area (Å²) in [5.74, 6) is -0.498. The Bertz CT molecular complexity index is 1220. The van der Waals surface area contributed by atoms with Gasteiger partial charge in [-0.25, -0.2) is 14.4 Å².